The predicted molar refractivity (Wildman–Crippen MR) is 85.8 cm³/mol. The first-order valence-electron chi connectivity index (χ1n) is 6.71. The van der Waals surface area contributed by atoms with Crippen molar-refractivity contribution in [3.05, 3.63) is 48.3 Å². The fraction of sp³-hybridized carbons (Fsp3) is 0.500. The minimum absolute atomic E-state index is 0.177. The number of hydrogen-bond acceptors (Lipinski definition) is 2. The lowest BCUT2D eigenvalue weighted by Crippen LogP contribution is -2.35. The molecule has 0 amide bonds. The smallest absolute Gasteiger partial charge is 0.128 e. The Morgan fingerprint density at radius 1 is 1.32 bits per heavy atom. The van der Waals surface area contributed by atoms with Crippen LogP contribution in [0.15, 0.2) is 36.9 Å². The number of benzene rings is 1. The second kappa shape index (κ2) is 10.0. The SMILES string of the molecule is C=CC[C@](C)(NSC)c1ccccc1F.CCCC. The lowest BCUT2D eigenvalue weighted by atomic mass is 9.89. The molecule has 1 aromatic rings. The van der Waals surface area contributed by atoms with Gasteiger partial charge in [0.15, 0.2) is 0 Å². The summed E-state index contributed by atoms with van der Waals surface area (Å²) in [5, 5.41) is 0. The summed E-state index contributed by atoms with van der Waals surface area (Å²) >= 11 is 1.49. The predicted octanol–water partition coefficient (Wildman–Crippen LogP) is 5.29. The first-order valence-corrected chi connectivity index (χ1v) is 7.94. The maximum atomic E-state index is 13.6. The van der Waals surface area contributed by atoms with Crippen LogP contribution < -0.4 is 4.72 Å². The van der Waals surface area contributed by atoms with E-state index in [4.69, 9.17) is 0 Å². The van der Waals surface area contributed by atoms with Gasteiger partial charge >= 0.3 is 0 Å². The van der Waals surface area contributed by atoms with E-state index in [-0.39, 0.29) is 5.82 Å². The Morgan fingerprint density at radius 3 is 2.32 bits per heavy atom. The van der Waals surface area contributed by atoms with Gasteiger partial charge < -0.3 is 0 Å². The standard InChI is InChI=1S/C12H16FNS.C4H10/c1-4-9-12(2,14-15-3)10-7-5-6-8-11(10)13;1-3-4-2/h4-8,14H,1,9H2,2-3H3;3-4H2,1-2H3/t12-;/m0./s1. The summed E-state index contributed by atoms with van der Waals surface area (Å²) in [6.07, 6.45) is 7.06. The molecule has 1 nitrogen and oxygen atoms in total. The van der Waals surface area contributed by atoms with Crippen LogP contribution in [-0.4, -0.2) is 6.26 Å². The van der Waals surface area contributed by atoms with Crippen molar-refractivity contribution in [2.45, 2.75) is 45.6 Å². The Balaban J connectivity index is 0.000000711. The normalized spacial score (nSPS) is 13.1. The lowest BCUT2D eigenvalue weighted by molar-refractivity contribution is 0.434. The molecule has 1 atom stereocenters. The molecule has 0 aliphatic rings. The highest BCUT2D eigenvalue weighted by Crippen LogP contribution is 2.28. The van der Waals surface area contributed by atoms with Gasteiger partial charge in [-0.15, -0.1) is 6.58 Å². The second-order valence-corrected chi connectivity index (χ2v) is 5.22. The Hall–Kier alpha value is -0.800. The largest absolute Gasteiger partial charge is 0.254 e. The van der Waals surface area contributed by atoms with Crippen molar-refractivity contribution >= 4 is 11.9 Å². The van der Waals surface area contributed by atoms with Crippen LogP contribution in [0.2, 0.25) is 0 Å². The van der Waals surface area contributed by atoms with Crippen molar-refractivity contribution in [1.29, 1.82) is 0 Å². The highest BCUT2D eigenvalue weighted by Gasteiger charge is 2.27. The van der Waals surface area contributed by atoms with Crippen molar-refractivity contribution in [3.8, 4) is 0 Å². The zero-order valence-electron chi connectivity index (χ0n) is 12.5. The third kappa shape index (κ3) is 6.26. The quantitative estimate of drug-likeness (QED) is 0.562. The number of unbranched alkanes of at least 4 members (excludes halogenated alkanes) is 1. The molecule has 19 heavy (non-hydrogen) atoms. The van der Waals surface area contributed by atoms with E-state index in [0.29, 0.717) is 12.0 Å². The highest BCUT2D eigenvalue weighted by molar-refractivity contribution is 7.96. The summed E-state index contributed by atoms with van der Waals surface area (Å²) in [5.41, 5.74) is 0.284. The lowest BCUT2D eigenvalue weighted by Gasteiger charge is -2.29. The average Bonchev–Trinajstić information content (AvgIpc) is 2.40. The molecule has 0 aromatic heterocycles. The van der Waals surface area contributed by atoms with Crippen molar-refractivity contribution in [2.24, 2.45) is 0 Å². The molecule has 0 fully saturated rings. The number of nitrogens with one attached hydrogen (secondary N) is 1. The molecule has 0 aliphatic carbocycles. The molecule has 0 unspecified atom stereocenters. The summed E-state index contributed by atoms with van der Waals surface area (Å²) in [6, 6.07) is 6.84. The van der Waals surface area contributed by atoms with E-state index in [1.165, 1.54) is 30.9 Å². The zero-order chi connectivity index (χ0) is 14.7. The first kappa shape index (κ1) is 18.2. The summed E-state index contributed by atoms with van der Waals surface area (Å²) in [5.74, 6) is -0.177. The topological polar surface area (TPSA) is 12.0 Å². The van der Waals surface area contributed by atoms with E-state index in [2.05, 4.69) is 25.1 Å². The molecule has 0 radical (unpaired) electrons. The van der Waals surface area contributed by atoms with Crippen LogP contribution in [0.3, 0.4) is 0 Å². The molecule has 108 valence electrons. The van der Waals surface area contributed by atoms with E-state index < -0.39 is 5.54 Å². The number of hydrogen-bond donors (Lipinski definition) is 1. The van der Waals surface area contributed by atoms with Crippen LogP contribution in [0, 0.1) is 5.82 Å². The van der Waals surface area contributed by atoms with Gasteiger partial charge in [0.1, 0.15) is 5.82 Å². The van der Waals surface area contributed by atoms with Crippen molar-refractivity contribution in [3.63, 3.8) is 0 Å². The van der Waals surface area contributed by atoms with E-state index in [0.717, 1.165) is 0 Å². The van der Waals surface area contributed by atoms with Gasteiger partial charge in [-0.05, 0) is 25.7 Å². The maximum absolute atomic E-state index is 13.6. The fourth-order valence-corrected chi connectivity index (χ4v) is 2.27. The average molecular weight is 283 g/mol. The summed E-state index contributed by atoms with van der Waals surface area (Å²) in [4.78, 5) is 0. The Morgan fingerprint density at radius 2 is 1.89 bits per heavy atom. The molecule has 0 saturated heterocycles. The molecule has 1 aromatic carbocycles. The molecule has 0 bridgehead atoms. The number of rotatable bonds is 6. The Kier molecular flexibility index (Phi) is 9.62. The van der Waals surface area contributed by atoms with Crippen LogP contribution in [0.4, 0.5) is 4.39 Å². The van der Waals surface area contributed by atoms with Crippen LogP contribution in [0.1, 0.15) is 45.6 Å². The van der Waals surface area contributed by atoms with Gasteiger partial charge in [0.25, 0.3) is 0 Å². The second-order valence-electron chi connectivity index (χ2n) is 4.61. The van der Waals surface area contributed by atoms with E-state index in [1.807, 2.05) is 25.3 Å². The van der Waals surface area contributed by atoms with Crippen molar-refractivity contribution in [2.75, 3.05) is 6.26 Å². The molecule has 1 N–H and O–H groups in total. The van der Waals surface area contributed by atoms with Crippen molar-refractivity contribution < 1.29 is 4.39 Å². The minimum Gasteiger partial charge on any atom is -0.254 e. The maximum Gasteiger partial charge on any atom is 0.128 e. The van der Waals surface area contributed by atoms with Crippen molar-refractivity contribution in [1.82, 2.24) is 4.72 Å². The van der Waals surface area contributed by atoms with Crippen LogP contribution in [0.25, 0.3) is 0 Å². The monoisotopic (exact) mass is 283 g/mol. The van der Waals surface area contributed by atoms with Crippen LogP contribution in [0.5, 0.6) is 0 Å². The molecule has 0 saturated carbocycles. The Labute approximate surface area is 121 Å². The first-order chi connectivity index (χ1) is 9.05. The fourth-order valence-electron chi connectivity index (χ4n) is 1.63. The molecule has 1 rings (SSSR count). The molecular formula is C16H26FNS. The minimum atomic E-state index is -0.396. The van der Waals surface area contributed by atoms with Gasteiger partial charge in [-0.3, -0.25) is 4.72 Å². The third-order valence-corrected chi connectivity index (χ3v) is 3.50. The van der Waals surface area contributed by atoms with E-state index >= 15 is 0 Å². The summed E-state index contributed by atoms with van der Waals surface area (Å²) in [6.45, 7) is 10.0. The molecular weight excluding hydrogens is 257 g/mol. The molecule has 0 aliphatic heterocycles. The molecule has 3 heteroatoms. The van der Waals surface area contributed by atoms with Gasteiger partial charge in [0.2, 0.25) is 0 Å². The van der Waals surface area contributed by atoms with E-state index in [9.17, 15) is 4.39 Å². The molecule has 0 heterocycles. The van der Waals surface area contributed by atoms with Gasteiger partial charge in [-0.1, -0.05) is 62.9 Å². The number of halogens is 1. The van der Waals surface area contributed by atoms with Gasteiger partial charge in [-0.2, -0.15) is 0 Å². The summed E-state index contributed by atoms with van der Waals surface area (Å²) < 4.78 is 16.9. The molecule has 0 spiro atoms. The zero-order valence-corrected chi connectivity index (χ0v) is 13.3. The third-order valence-electron chi connectivity index (χ3n) is 2.85. The van der Waals surface area contributed by atoms with Gasteiger partial charge in [0, 0.05) is 5.56 Å². The Bertz CT molecular complexity index is 366. The van der Waals surface area contributed by atoms with Gasteiger partial charge in [0.05, 0.1) is 5.54 Å². The summed E-state index contributed by atoms with van der Waals surface area (Å²) in [7, 11) is 0. The van der Waals surface area contributed by atoms with Crippen LogP contribution in [-0.2, 0) is 5.54 Å². The van der Waals surface area contributed by atoms with Crippen LogP contribution >= 0.6 is 11.9 Å². The van der Waals surface area contributed by atoms with E-state index in [1.54, 1.807) is 12.1 Å². The van der Waals surface area contributed by atoms with Gasteiger partial charge in [-0.25, -0.2) is 4.39 Å². The highest BCUT2D eigenvalue weighted by atomic mass is 32.2.